The quantitative estimate of drug-likeness (QED) is 0.741. The molecule has 106 valence electrons. The number of hydrogen-bond donors (Lipinski definition) is 2. The number of carbonyl (C=O) groups is 2. The molecule has 19 heavy (non-hydrogen) atoms. The second kappa shape index (κ2) is 7.45. The van der Waals surface area contributed by atoms with E-state index in [9.17, 15) is 9.59 Å². The standard InChI is InChI=1S/C13H20N2O4/c1-10-6-7-11(19-10)9-15(2)13(18)14-8-4-3-5-12(16)17/h6-7H,3-5,8-9H2,1-2H3,(H,14,18)(H,16,17). The summed E-state index contributed by atoms with van der Waals surface area (Å²) in [5.41, 5.74) is 0. The summed E-state index contributed by atoms with van der Waals surface area (Å²) in [6.07, 6.45) is 1.36. The van der Waals surface area contributed by atoms with Gasteiger partial charge in [-0.15, -0.1) is 0 Å². The number of aryl methyl sites for hydroxylation is 1. The first-order valence-electron chi connectivity index (χ1n) is 6.25. The minimum Gasteiger partial charge on any atom is -0.481 e. The van der Waals surface area contributed by atoms with Gasteiger partial charge in [0.2, 0.25) is 0 Å². The van der Waals surface area contributed by atoms with E-state index in [0.717, 1.165) is 11.5 Å². The summed E-state index contributed by atoms with van der Waals surface area (Å²) in [6.45, 7) is 2.74. The van der Waals surface area contributed by atoms with Crippen LogP contribution in [0.5, 0.6) is 0 Å². The van der Waals surface area contributed by atoms with Gasteiger partial charge in [0.15, 0.2) is 0 Å². The maximum Gasteiger partial charge on any atom is 0.317 e. The van der Waals surface area contributed by atoms with Crippen LogP contribution in [0.1, 0.15) is 30.8 Å². The van der Waals surface area contributed by atoms with Gasteiger partial charge in [-0.1, -0.05) is 0 Å². The number of urea groups is 1. The number of unbranched alkanes of at least 4 members (excludes halogenated alkanes) is 1. The summed E-state index contributed by atoms with van der Waals surface area (Å²) in [4.78, 5) is 23.5. The molecular weight excluding hydrogens is 248 g/mol. The fourth-order valence-electron chi connectivity index (χ4n) is 1.61. The smallest absolute Gasteiger partial charge is 0.317 e. The van der Waals surface area contributed by atoms with Crippen molar-refractivity contribution in [3.63, 3.8) is 0 Å². The van der Waals surface area contributed by atoms with Crippen molar-refractivity contribution < 1.29 is 19.1 Å². The van der Waals surface area contributed by atoms with Crippen molar-refractivity contribution in [3.05, 3.63) is 23.7 Å². The van der Waals surface area contributed by atoms with Gasteiger partial charge >= 0.3 is 12.0 Å². The summed E-state index contributed by atoms with van der Waals surface area (Å²) in [6, 6.07) is 3.50. The third-order valence-corrected chi connectivity index (χ3v) is 2.63. The Morgan fingerprint density at radius 1 is 1.37 bits per heavy atom. The molecule has 1 aromatic rings. The van der Waals surface area contributed by atoms with E-state index in [-0.39, 0.29) is 12.5 Å². The number of aliphatic carboxylic acids is 1. The fraction of sp³-hybridized carbons (Fsp3) is 0.538. The molecular formula is C13H20N2O4. The maximum atomic E-state index is 11.7. The molecule has 0 aliphatic carbocycles. The van der Waals surface area contributed by atoms with E-state index >= 15 is 0 Å². The SMILES string of the molecule is Cc1ccc(CN(C)C(=O)NCCCCC(=O)O)o1. The third kappa shape index (κ3) is 5.94. The van der Waals surface area contributed by atoms with Gasteiger partial charge in [-0.05, 0) is 31.9 Å². The molecule has 6 heteroatoms. The lowest BCUT2D eigenvalue weighted by Crippen LogP contribution is -2.37. The number of amides is 2. The molecule has 0 aromatic carbocycles. The summed E-state index contributed by atoms with van der Waals surface area (Å²) in [5.74, 6) is 0.745. The van der Waals surface area contributed by atoms with Crippen LogP contribution in [-0.4, -0.2) is 35.6 Å². The van der Waals surface area contributed by atoms with Crippen molar-refractivity contribution in [1.82, 2.24) is 10.2 Å². The Bertz CT molecular complexity index is 428. The highest BCUT2D eigenvalue weighted by Gasteiger charge is 2.10. The van der Waals surface area contributed by atoms with Crippen LogP contribution in [0.4, 0.5) is 4.79 Å². The van der Waals surface area contributed by atoms with Gasteiger partial charge in [0, 0.05) is 20.0 Å². The Balaban J connectivity index is 2.20. The summed E-state index contributed by atoms with van der Waals surface area (Å²) < 4.78 is 5.39. The van der Waals surface area contributed by atoms with Gasteiger partial charge in [0.1, 0.15) is 11.5 Å². The summed E-state index contributed by atoms with van der Waals surface area (Å²) in [5, 5.41) is 11.2. The summed E-state index contributed by atoms with van der Waals surface area (Å²) in [7, 11) is 1.68. The van der Waals surface area contributed by atoms with E-state index in [0.29, 0.717) is 25.9 Å². The monoisotopic (exact) mass is 268 g/mol. The lowest BCUT2D eigenvalue weighted by molar-refractivity contribution is -0.137. The van der Waals surface area contributed by atoms with Crippen molar-refractivity contribution in [2.24, 2.45) is 0 Å². The third-order valence-electron chi connectivity index (χ3n) is 2.63. The van der Waals surface area contributed by atoms with Gasteiger partial charge in [0.25, 0.3) is 0 Å². The fourth-order valence-corrected chi connectivity index (χ4v) is 1.61. The minimum atomic E-state index is -0.809. The molecule has 2 amide bonds. The Hall–Kier alpha value is -1.98. The molecule has 0 saturated carbocycles. The lowest BCUT2D eigenvalue weighted by atomic mass is 10.2. The van der Waals surface area contributed by atoms with Crippen LogP contribution in [-0.2, 0) is 11.3 Å². The molecule has 0 fully saturated rings. The first kappa shape index (κ1) is 15.1. The van der Waals surface area contributed by atoms with Crippen molar-refractivity contribution >= 4 is 12.0 Å². The van der Waals surface area contributed by atoms with E-state index in [1.165, 1.54) is 4.90 Å². The zero-order chi connectivity index (χ0) is 14.3. The molecule has 2 N–H and O–H groups in total. The van der Waals surface area contributed by atoms with Crippen LogP contribution in [0.3, 0.4) is 0 Å². The minimum absolute atomic E-state index is 0.136. The van der Waals surface area contributed by atoms with Crippen molar-refractivity contribution in [2.45, 2.75) is 32.7 Å². The molecule has 1 heterocycles. The largest absolute Gasteiger partial charge is 0.481 e. The van der Waals surface area contributed by atoms with Crippen LogP contribution >= 0.6 is 0 Å². The topological polar surface area (TPSA) is 82.8 Å². The Kier molecular flexibility index (Phi) is 5.92. The van der Waals surface area contributed by atoms with Gasteiger partial charge < -0.3 is 19.7 Å². The molecule has 0 aliphatic rings. The number of carboxylic acids is 1. The van der Waals surface area contributed by atoms with Gasteiger partial charge in [-0.3, -0.25) is 4.79 Å². The second-order valence-corrected chi connectivity index (χ2v) is 4.45. The highest BCUT2D eigenvalue weighted by Crippen LogP contribution is 2.08. The predicted octanol–water partition coefficient (Wildman–Crippen LogP) is 1.98. The van der Waals surface area contributed by atoms with E-state index in [1.807, 2.05) is 19.1 Å². The van der Waals surface area contributed by atoms with Crippen molar-refractivity contribution in [3.8, 4) is 0 Å². The second-order valence-electron chi connectivity index (χ2n) is 4.45. The number of carboxylic acid groups (broad SMARTS) is 1. The molecule has 0 atom stereocenters. The van der Waals surface area contributed by atoms with E-state index in [1.54, 1.807) is 7.05 Å². The van der Waals surface area contributed by atoms with Gasteiger partial charge in [0.05, 0.1) is 6.54 Å². The number of nitrogens with one attached hydrogen (secondary N) is 1. The van der Waals surface area contributed by atoms with Gasteiger partial charge in [-0.2, -0.15) is 0 Å². The molecule has 0 bridgehead atoms. The number of carbonyl (C=O) groups excluding carboxylic acids is 1. The van der Waals surface area contributed by atoms with Crippen molar-refractivity contribution in [1.29, 1.82) is 0 Å². The maximum absolute atomic E-state index is 11.7. The highest BCUT2D eigenvalue weighted by atomic mass is 16.4. The average Bonchev–Trinajstić information content (AvgIpc) is 2.73. The van der Waals surface area contributed by atoms with Crippen LogP contribution in [0.15, 0.2) is 16.5 Å². The Morgan fingerprint density at radius 2 is 2.11 bits per heavy atom. The van der Waals surface area contributed by atoms with E-state index in [4.69, 9.17) is 9.52 Å². The predicted molar refractivity (Wildman–Crippen MR) is 69.8 cm³/mol. The molecule has 0 aliphatic heterocycles. The molecule has 0 spiro atoms. The van der Waals surface area contributed by atoms with Crippen LogP contribution in [0.25, 0.3) is 0 Å². The van der Waals surface area contributed by atoms with Crippen molar-refractivity contribution in [2.75, 3.05) is 13.6 Å². The van der Waals surface area contributed by atoms with Crippen LogP contribution in [0.2, 0.25) is 0 Å². The zero-order valence-corrected chi connectivity index (χ0v) is 11.3. The zero-order valence-electron chi connectivity index (χ0n) is 11.3. The molecule has 0 unspecified atom stereocenters. The van der Waals surface area contributed by atoms with Crippen LogP contribution in [0, 0.1) is 6.92 Å². The number of furan rings is 1. The molecule has 6 nitrogen and oxygen atoms in total. The number of rotatable bonds is 7. The Labute approximate surface area is 112 Å². The first-order chi connectivity index (χ1) is 8.99. The molecule has 1 aromatic heterocycles. The number of nitrogens with zero attached hydrogens (tertiary/aromatic N) is 1. The normalized spacial score (nSPS) is 10.2. The van der Waals surface area contributed by atoms with E-state index in [2.05, 4.69) is 5.32 Å². The van der Waals surface area contributed by atoms with Crippen LogP contribution < -0.4 is 5.32 Å². The lowest BCUT2D eigenvalue weighted by Gasteiger charge is -2.16. The molecule has 1 rings (SSSR count). The van der Waals surface area contributed by atoms with E-state index < -0.39 is 5.97 Å². The highest BCUT2D eigenvalue weighted by molar-refractivity contribution is 5.73. The van der Waals surface area contributed by atoms with Gasteiger partial charge in [-0.25, -0.2) is 4.79 Å². The first-order valence-corrected chi connectivity index (χ1v) is 6.25. The number of hydrogen-bond acceptors (Lipinski definition) is 3. The Morgan fingerprint density at radius 3 is 2.68 bits per heavy atom. The molecule has 0 radical (unpaired) electrons. The molecule has 0 saturated heterocycles. The summed E-state index contributed by atoms with van der Waals surface area (Å²) >= 11 is 0. The average molecular weight is 268 g/mol.